The van der Waals surface area contributed by atoms with E-state index in [1.165, 1.54) is 103 Å². The first-order valence-corrected chi connectivity index (χ1v) is 17.6. The Morgan fingerprint density at radius 2 is 0.703 bits per heavy atom. The molecule has 0 aromatic carbocycles. The van der Waals surface area contributed by atoms with Crippen LogP contribution in [0.15, 0.2) is 0 Å². The minimum atomic E-state index is -3.89. The number of hydrogen-bond donors (Lipinski definition) is 0. The van der Waals surface area contributed by atoms with Crippen molar-refractivity contribution in [1.29, 1.82) is 0 Å². The maximum atomic E-state index is 12.2. The van der Waals surface area contributed by atoms with Gasteiger partial charge in [-0.3, -0.25) is 0 Å². The molecule has 0 fully saturated rings. The fourth-order valence-electron chi connectivity index (χ4n) is 5.05. The number of unbranched alkanes of at least 4 members (excludes halogenated alkanes) is 10. The Balaban J connectivity index is 3.74. The first-order valence-electron chi connectivity index (χ1n) is 16.2. The minimum absolute atomic E-state index is 0.223. The van der Waals surface area contributed by atoms with Crippen LogP contribution in [0.5, 0.6) is 0 Å². The Bertz CT molecular complexity index is 533. The fourth-order valence-corrected chi connectivity index (χ4v) is 5.92. The molecule has 0 aromatic rings. The predicted molar refractivity (Wildman–Crippen MR) is 161 cm³/mol. The van der Waals surface area contributed by atoms with Crippen LogP contribution < -0.4 is 0 Å². The van der Waals surface area contributed by atoms with Crippen molar-refractivity contribution in [2.75, 3.05) is 13.2 Å². The van der Waals surface area contributed by atoms with Gasteiger partial charge < -0.3 is 0 Å². The van der Waals surface area contributed by atoms with Crippen LogP contribution in [-0.4, -0.2) is 21.6 Å². The molecule has 4 atom stereocenters. The number of hydrogen-bond acceptors (Lipinski definition) is 4. The molecule has 0 N–H and O–H groups in total. The van der Waals surface area contributed by atoms with E-state index >= 15 is 0 Å². The summed E-state index contributed by atoms with van der Waals surface area (Å²) in [5.74, 6) is 2.12. The summed E-state index contributed by atoms with van der Waals surface area (Å²) in [5.41, 5.74) is 0. The molecule has 0 saturated heterocycles. The highest BCUT2D eigenvalue weighted by atomic mass is 32.3. The number of rotatable bonds is 28. The standard InChI is InChI=1S/C32H66O4S/c1-7-9-11-15-21-29(3)23-17-13-19-25-31(5)27-35-37(33,34)36-28-32(6)26-20-14-18-24-30(4)22-16-12-10-8-2/h29-32H,7-28H2,1-6H3. The highest BCUT2D eigenvalue weighted by Gasteiger charge is 2.16. The van der Waals surface area contributed by atoms with Crippen molar-refractivity contribution in [3.63, 3.8) is 0 Å². The second-order valence-corrected chi connectivity index (χ2v) is 13.7. The average Bonchev–Trinajstić information content (AvgIpc) is 2.86. The molecule has 0 aliphatic rings. The van der Waals surface area contributed by atoms with Crippen molar-refractivity contribution in [3.8, 4) is 0 Å². The Hall–Kier alpha value is -0.130. The third-order valence-corrected chi connectivity index (χ3v) is 8.73. The van der Waals surface area contributed by atoms with E-state index in [9.17, 15) is 8.42 Å². The molecule has 4 nitrogen and oxygen atoms in total. The molecule has 0 aromatic heterocycles. The summed E-state index contributed by atoms with van der Waals surface area (Å²) in [6, 6.07) is 0. The molecule has 0 aliphatic heterocycles. The summed E-state index contributed by atoms with van der Waals surface area (Å²) >= 11 is 0. The van der Waals surface area contributed by atoms with Crippen molar-refractivity contribution in [3.05, 3.63) is 0 Å². The lowest BCUT2D eigenvalue weighted by Crippen LogP contribution is -2.18. The fraction of sp³-hybridized carbons (Fsp3) is 1.00. The van der Waals surface area contributed by atoms with Gasteiger partial charge >= 0.3 is 10.4 Å². The zero-order valence-electron chi connectivity index (χ0n) is 25.9. The van der Waals surface area contributed by atoms with Gasteiger partial charge in [-0.1, -0.05) is 157 Å². The predicted octanol–water partition coefficient (Wildman–Crippen LogP) is 10.7. The lowest BCUT2D eigenvalue weighted by molar-refractivity contribution is 0.170. The molecule has 5 heteroatoms. The molecule has 0 bridgehead atoms. The Kier molecular flexibility index (Phi) is 24.8. The monoisotopic (exact) mass is 546 g/mol. The first kappa shape index (κ1) is 36.9. The Morgan fingerprint density at radius 1 is 0.432 bits per heavy atom. The van der Waals surface area contributed by atoms with E-state index in [2.05, 4.69) is 41.5 Å². The Labute approximate surface area is 233 Å². The maximum Gasteiger partial charge on any atom is 0.399 e. The molecule has 0 amide bonds. The van der Waals surface area contributed by atoms with E-state index in [-0.39, 0.29) is 25.0 Å². The van der Waals surface area contributed by atoms with Crippen molar-refractivity contribution in [2.24, 2.45) is 23.7 Å². The summed E-state index contributed by atoms with van der Waals surface area (Å²) in [5, 5.41) is 0. The third kappa shape index (κ3) is 25.9. The van der Waals surface area contributed by atoms with Crippen molar-refractivity contribution >= 4 is 10.4 Å². The van der Waals surface area contributed by atoms with Gasteiger partial charge in [0.25, 0.3) is 0 Å². The van der Waals surface area contributed by atoms with Gasteiger partial charge in [-0.05, 0) is 36.5 Å². The molecule has 0 rings (SSSR count). The van der Waals surface area contributed by atoms with E-state index in [4.69, 9.17) is 8.37 Å². The summed E-state index contributed by atoms with van der Waals surface area (Å²) in [4.78, 5) is 0. The lowest BCUT2D eigenvalue weighted by atomic mass is 9.95. The van der Waals surface area contributed by atoms with Crippen LogP contribution in [0.2, 0.25) is 0 Å². The molecule has 224 valence electrons. The zero-order valence-corrected chi connectivity index (χ0v) is 26.7. The summed E-state index contributed by atoms with van der Waals surface area (Å²) < 4.78 is 34.6. The van der Waals surface area contributed by atoms with Gasteiger partial charge in [0.15, 0.2) is 0 Å². The molecular formula is C32H66O4S. The lowest BCUT2D eigenvalue weighted by Gasteiger charge is -2.15. The van der Waals surface area contributed by atoms with Crippen molar-refractivity contribution in [2.45, 2.75) is 170 Å². The highest BCUT2D eigenvalue weighted by Crippen LogP contribution is 2.20. The molecule has 4 unspecified atom stereocenters. The molecule has 0 saturated carbocycles. The Morgan fingerprint density at radius 3 is 1.00 bits per heavy atom. The van der Waals surface area contributed by atoms with Gasteiger partial charge in [-0.15, -0.1) is 0 Å². The van der Waals surface area contributed by atoms with Crippen LogP contribution in [0.1, 0.15) is 170 Å². The molecule has 37 heavy (non-hydrogen) atoms. The van der Waals surface area contributed by atoms with Gasteiger partial charge in [0.2, 0.25) is 0 Å². The van der Waals surface area contributed by atoms with Crippen LogP contribution in [0, 0.1) is 23.7 Å². The minimum Gasteiger partial charge on any atom is -0.248 e. The van der Waals surface area contributed by atoms with Gasteiger partial charge in [0.05, 0.1) is 13.2 Å². The van der Waals surface area contributed by atoms with E-state index in [1.807, 2.05) is 0 Å². The highest BCUT2D eigenvalue weighted by molar-refractivity contribution is 7.81. The molecular weight excluding hydrogens is 480 g/mol. The second kappa shape index (κ2) is 24.9. The smallest absolute Gasteiger partial charge is 0.248 e. The average molecular weight is 547 g/mol. The van der Waals surface area contributed by atoms with E-state index in [0.29, 0.717) is 0 Å². The zero-order chi connectivity index (χ0) is 27.8. The summed E-state index contributed by atoms with van der Waals surface area (Å²) in [7, 11) is -3.89. The summed E-state index contributed by atoms with van der Waals surface area (Å²) in [6.45, 7) is 13.9. The maximum absolute atomic E-state index is 12.2. The van der Waals surface area contributed by atoms with Gasteiger partial charge in [-0.25, -0.2) is 8.37 Å². The third-order valence-electron chi connectivity index (χ3n) is 7.88. The van der Waals surface area contributed by atoms with Crippen LogP contribution in [0.4, 0.5) is 0 Å². The molecule has 0 heterocycles. The second-order valence-electron chi connectivity index (χ2n) is 12.4. The summed E-state index contributed by atoms with van der Waals surface area (Å²) in [6.07, 6.45) is 25.5. The SMILES string of the molecule is CCCCCCC(C)CCCCCC(C)COS(=O)(=O)OCC(C)CCCCCC(C)CCCCCC. The van der Waals surface area contributed by atoms with E-state index < -0.39 is 10.4 Å². The molecule has 0 spiro atoms. The van der Waals surface area contributed by atoms with Crippen LogP contribution >= 0.6 is 0 Å². The van der Waals surface area contributed by atoms with Gasteiger partial charge in [0.1, 0.15) is 0 Å². The van der Waals surface area contributed by atoms with Gasteiger partial charge in [0, 0.05) is 0 Å². The van der Waals surface area contributed by atoms with Crippen LogP contribution in [0.3, 0.4) is 0 Å². The van der Waals surface area contributed by atoms with Crippen molar-refractivity contribution in [1.82, 2.24) is 0 Å². The quantitative estimate of drug-likeness (QED) is 0.0916. The normalized spacial score (nSPS) is 15.5. The topological polar surface area (TPSA) is 52.6 Å². The first-order chi connectivity index (χ1) is 17.7. The van der Waals surface area contributed by atoms with Crippen LogP contribution in [-0.2, 0) is 18.8 Å². The van der Waals surface area contributed by atoms with E-state index in [0.717, 1.165) is 37.5 Å². The van der Waals surface area contributed by atoms with Crippen LogP contribution in [0.25, 0.3) is 0 Å². The molecule has 0 aliphatic carbocycles. The molecule has 0 radical (unpaired) electrons. The van der Waals surface area contributed by atoms with Crippen molar-refractivity contribution < 1.29 is 16.8 Å². The van der Waals surface area contributed by atoms with Gasteiger partial charge in [-0.2, -0.15) is 8.42 Å². The van der Waals surface area contributed by atoms with E-state index in [1.54, 1.807) is 0 Å². The largest absolute Gasteiger partial charge is 0.399 e.